The number of aromatic nitrogens is 1. The zero-order valence-corrected chi connectivity index (χ0v) is 13.4. The molecule has 1 aliphatic carbocycles. The fourth-order valence-electron chi connectivity index (χ4n) is 2.61. The van der Waals surface area contributed by atoms with Crippen molar-refractivity contribution in [3.8, 4) is 0 Å². The van der Waals surface area contributed by atoms with E-state index in [4.69, 9.17) is 0 Å². The Morgan fingerprint density at radius 2 is 1.81 bits per heavy atom. The molecule has 0 spiro atoms. The van der Waals surface area contributed by atoms with Crippen LogP contribution in [0.15, 0.2) is 53.3 Å². The minimum Gasteiger partial charge on any atom is -0.349 e. The van der Waals surface area contributed by atoms with Gasteiger partial charge >= 0.3 is 0 Å². The third-order valence-corrected chi connectivity index (χ3v) is 4.66. The molecule has 1 saturated carbocycles. The molecule has 1 fully saturated rings. The van der Waals surface area contributed by atoms with Crippen LogP contribution in [0.25, 0.3) is 0 Å². The predicted molar refractivity (Wildman–Crippen MR) is 85.8 cm³/mol. The van der Waals surface area contributed by atoms with Gasteiger partial charge in [0, 0.05) is 16.9 Å². The number of benzene rings is 1. The predicted octanol–water partition coefficient (Wildman–Crippen LogP) is 3.75. The van der Waals surface area contributed by atoms with Crippen LogP contribution in [0.2, 0.25) is 0 Å². The molecule has 1 aliphatic rings. The van der Waals surface area contributed by atoms with Crippen molar-refractivity contribution in [2.75, 3.05) is 0 Å². The zero-order valence-electron chi connectivity index (χ0n) is 11.8. The second-order valence-electron chi connectivity index (χ2n) is 5.56. The maximum Gasteiger partial charge on any atom is 0.231 e. The summed E-state index contributed by atoms with van der Waals surface area (Å²) in [5.74, 6) is 0.120. The number of hydrogen-bond acceptors (Lipinski definition) is 2. The fourth-order valence-corrected chi connectivity index (χ4v) is 2.88. The fraction of sp³-hybridized carbons (Fsp3) is 0.294. The van der Waals surface area contributed by atoms with E-state index in [1.165, 1.54) is 0 Å². The molecule has 4 heteroatoms. The van der Waals surface area contributed by atoms with Crippen LogP contribution in [-0.4, -0.2) is 10.9 Å². The molecule has 0 saturated heterocycles. The number of carbonyl (C=O) groups excluding carboxylic acids is 1. The molecule has 1 unspecified atom stereocenters. The van der Waals surface area contributed by atoms with E-state index in [9.17, 15) is 4.79 Å². The van der Waals surface area contributed by atoms with E-state index in [-0.39, 0.29) is 17.4 Å². The highest BCUT2D eigenvalue weighted by Gasteiger charge is 2.51. The van der Waals surface area contributed by atoms with E-state index in [0.29, 0.717) is 0 Å². The lowest BCUT2D eigenvalue weighted by atomic mass is 9.94. The van der Waals surface area contributed by atoms with Gasteiger partial charge in [-0.2, -0.15) is 0 Å². The number of carbonyl (C=O) groups is 1. The highest BCUT2D eigenvalue weighted by atomic mass is 79.9. The van der Waals surface area contributed by atoms with Crippen molar-refractivity contribution in [3.05, 3.63) is 64.4 Å². The van der Waals surface area contributed by atoms with Gasteiger partial charge in [0.15, 0.2) is 0 Å². The molecule has 1 atom stereocenters. The van der Waals surface area contributed by atoms with Crippen molar-refractivity contribution in [1.82, 2.24) is 10.3 Å². The van der Waals surface area contributed by atoms with Crippen molar-refractivity contribution in [3.63, 3.8) is 0 Å². The monoisotopic (exact) mass is 344 g/mol. The van der Waals surface area contributed by atoms with Crippen molar-refractivity contribution >= 4 is 21.8 Å². The first-order chi connectivity index (χ1) is 10.1. The van der Waals surface area contributed by atoms with E-state index >= 15 is 0 Å². The molecule has 0 aliphatic heterocycles. The first-order valence-electron chi connectivity index (χ1n) is 7.09. The topological polar surface area (TPSA) is 42.0 Å². The van der Waals surface area contributed by atoms with Gasteiger partial charge in [-0.1, -0.05) is 28.1 Å². The number of pyridine rings is 1. The molecular weight excluding hydrogens is 328 g/mol. The molecule has 0 radical (unpaired) electrons. The minimum absolute atomic E-state index is 0.00609. The summed E-state index contributed by atoms with van der Waals surface area (Å²) in [6.45, 7) is 2.00. The molecule has 3 rings (SSSR count). The van der Waals surface area contributed by atoms with Crippen LogP contribution < -0.4 is 5.32 Å². The standard InChI is InChI=1S/C17H17BrN2O/c1-12(13-6-10-19-11-7-13)20-16(21)17(8-9-17)14-2-4-15(18)5-3-14/h2-7,10-12H,8-9H2,1H3,(H,20,21). The van der Waals surface area contributed by atoms with Gasteiger partial charge in [-0.25, -0.2) is 0 Å². The summed E-state index contributed by atoms with van der Waals surface area (Å²) >= 11 is 3.43. The third kappa shape index (κ3) is 2.86. The Labute approximate surface area is 132 Å². The molecule has 1 amide bonds. The second kappa shape index (κ2) is 5.60. The number of amides is 1. The Morgan fingerprint density at radius 3 is 2.38 bits per heavy atom. The lowest BCUT2D eigenvalue weighted by molar-refractivity contribution is -0.124. The summed E-state index contributed by atoms with van der Waals surface area (Å²) < 4.78 is 1.03. The van der Waals surface area contributed by atoms with Crippen molar-refractivity contribution in [1.29, 1.82) is 0 Å². The smallest absolute Gasteiger partial charge is 0.231 e. The summed E-state index contributed by atoms with van der Waals surface area (Å²) in [5, 5.41) is 3.13. The van der Waals surface area contributed by atoms with Crippen LogP contribution in [0.3, 0.4) is 0 Å². The van der Waals surface area contributed by atoms with Gasteiger partial charge in [-0.05, 0) is 55.2 Å². The summed E-state index contributed by atoms with van der Waals surface area (Å²) in [4.78, 5) is 16.7. The largest absolute Gasteiger partial charge is 0.349 e. The Morgan fingerprint density at radius 1 is 1.19 bits per heavy atom. The average Bonchev–Trinajstić information content (AvgIpc) is 3.30. The number of hydrogen-bond donors (Lipinski definition) is 1. The molecule has 1 aromatic carbocycles. The van der Waals surface area contributed by atoms with Crippen molar-refractivity contribution in [2.24, 2.45) is 0 Å². The van der Waals surface area contributed by atoms with Crippen LogP contribution in [0.5, 0.6) is 0 Å². The number of nitrogens with zero attached hydrogens (tertiary/aromatic N) is 1. The van der Waals surface area contributed by atoms with Crippen LogP contribution >= 0.6 is 15.9 Å². The van der Waals surface area contributed by atoms with Crippen molar-refractivity contribution < 1.29 is 4.79 Å². The van der Waals surface area contributed by atoms with Gasteiger partial charge in [0.2, 0.25) is 5.91 Å². The zero-order chi connectivity index (χ0) is 14.9. The summed E-state index contributed by atoms with van der Waals surface area (Å²) in [5.41, 5.74) is 1.84. The molecule has 3 nitrogen and oxygen atoms in total. The second-order valence-corrected chi connectivity index (χ2v) is 6.48. The molecule has 0 bridgehead atoms. The quantitative estimate of drug-likeness (QED) is 0.917. The van der Waals surface area contributed by atoms with Gasteiger partial charge in [0.1, 0.15) is 0 Å². The van der Waals surface area contributed by atoms with Crippen LogP contribution in [0, 0.1) is 0 Å². The lowest BCUT2D eigenvalue weighted by Crippen LogP contribution is -2.36. The van der Waals surface area contributed by atoms with E-state index in [0.717, 1.165) is 28.4 Å². The molecule has 1 aromatic heterocycles. The molecule has 1 heterocycles. The Hall–Kier alpha value is -1.68. The highest BCUT2D eigenvalue weighted by Crippen LogP contribution is 2.48. The van der Waals surface area contributed by atoms with Gasteiger partial charge in [-0.3, -0.25) is 9.78 Å². The maximum absolute atomic E-state index is 12.7. The molecule has 21 heavy (non-hydrogen) atoms. The maximum atomic E-state index is 12.7. The Bertz CT molecular complexity index is 636. The molecule has 1 N–H and O–H groups in total. The summed E-state index contributed by atoms with van der Waals surface area (Å²) in [6, 6.07) is 11.9. The van der Waals surface area contributed by atoms with E-state index in [1.54, 1.807) is 12.4 Å². The third-order valence-electron chi connectivity index (χ3n) is 4.14. The van der Waals surface area contributed by atoms with Gasteiger partial charge in [0.25, 0.3) is 0 Å². The number of rotatable bonds is 4. The number of nitrogens with one attached hydrogen (secondary N) is 1. The van der Waals surface area contributed by atoms with Crippen molar-refractivity contribution in [2.45, 2.75) is 31.2 Å². The van der Waals surface area contributed by atoms with E-state index in [2.05, 4.69) is 26.2 Å². The van der Waals surface area contributed by atoms with Gasteiger partial charge in [-0.15, -0.1) is 0 Å². The van der Waals surface area contributed by atoms with Gasteiger partial charge in [0.05, 0.1) is 11.5 Å². The summed E-state index contributed by atoms with van der Waals surface area (Å²) in [6.07, 6.45) is 5.34. The van der Waals surface area contributed by atoms with E-state index < -0.39 is 0 Å². The van der Waals surface area contributed by atoms with Gasteiger partial charge < -0.3 is 5.32 Å². The highest BCUT2D eigenvalue weighted by molar-refractivity contribution is 9.10. The lowest BCUT2D eigenvalue weighted by Gasteiger charge is -2.20. The SMILES string of the molecule is CC(NC(=O)C1(c2ccc(Br)cc2)CC1)c1ccncc1. The Balaban J connectivity index is 1.75. The average molecular weight is 345 g/mol. The normalized spacial score (nSPS) is 17.0. The minimum atomic E-state index is -0.331. The molecular formula is C17H17BrN2O. The van der Waals surface area contributed by atoms with Crippen LogP contribution in [-0.2, 0) is 10.2 Å². The van der Waals surface area contributed by atoms with Crippen LogP contribution in [0.4, 0.5) is 0 Å². The first-order valence-corrected chi connectivity index (χ1v) is 7.88. The summed E-state index contributed by atoms with van der Waals surface area (Å²) in [7, 11) is 0. The molecule has 108 valence electrons. The molecule has 2 aromatic rings. The first kappa shape index (κ1) is 14.3. The van der Waals surface area contributed by atoms with E-state index in [1.807, 2.05) is 43.3 Å². The number of halogens is 1. The Kier molecular flexibility index (Phi) is 3.81. The van der Waals surface area contributed by atoms with Crippen LogP contribution in [0.1, 0.15) is 36.9 Å².